The lowest BCUT2D eigenvalue weighted by Crippen LogP contribution is -2.12. The maximum Gasteiger partial charge on any atom is 0.324 e. The molecule has 31 heavy (non-hydrogen) atoms. The van der Waals surface area contributed by atoms with E-state index in [1.807, 2.05) is 0 Å². The van der Waals surface area contributed by atoms with Crippen LogP contribution in [0.3, 0.4) is 0 Å². The standard InChI is InChI=1S/C22H22FN7O/c1-26-14-4-3-13(23)16-17-19(9-6-11-12(7-9)18(11)25)29-22(30-21(17)28-20(14)16)31-10-2-5-15(24)27-8-10/h2-5,8-9,11-12,18,26H,6-7,25H2,1H3,(H2,24,27)(H,28,29,30). The molecule has 2 saturated carbocycles. The summed E-state index contributed by atoms with van der Waals surface area (Å²) in [6.45, 7) is 0. The number of aromatic amines is 1. The summed E-state index contributed by atoms with van der Waals surface area (Å²) in [5, 5.41) is 4.33. The van der Waals surface area contributed by atoms with Gasteiger partial charge in [0, 0.05) is 24.4 Å². The van der Waals surface area contributed by atoms with Gasteiger partial charge in [-0.05, 0) is 48.9 Å². The van der Waals surface area contributed by atoms with E-state index < -0.39 is 0 Å². The second-order valence-electron chi connectivity index (χ2n) is 8.43. The van der Waals surface area contributed by atoms with E-state index in [9.17, 15) is 4.39 Å². The summed E-state index contributed by atoms with van der Waals surface area (Å²) in [7, 11) is 1.80. The highest BCUT2D eigenvalue weighted by Crippen LogP contribution is 2.57. The summed E-state index contributed by atoms with van der Waals surface area (Å²) in [6.07, 6.45) is 3.41. The lowest BCUT2D eigenvalue weighted by molar-refractivity contribution is 0.436. The third-order valence-corrected chi connectivity index (χ3v) is 6.70. The average molecular weight is 419 g/mol. The molecule has 1 aromatic carbocycles. The molecule has 2 unspecified atom stereocenters. The molecule has 2 fully saturated rings. The number of fused-ring (bicyclic) bond motifs is 4. The maximum absolute atomic E-state index is 15.0. The monoisotopic (exact) mass is 419 g/mol. The van der Waals surface area contributed by atoms with Gasteiger partial charge >= 0.3 is 6.01 Å². The number of halogens is 1. The van der Waals surface area contributed by atoms with Crippen molar-refractivity contribution in [3.05, 3.63) is 42.0 Å². The van der Waals surface area contributed by atoms with Gasteiger partial charge in [0.1, 0.15) is 23.0 Å². The lowest BCUT2D eigenvalue weighted by atomic mass is 9.95. The maximum atomic E-state index is 15.0. The van der Waals surface area contributed by atoms with E-state index in [4.69, 9.17) is 21.2 Å². The summed E-state index contributed by atoms with van der Waals surface area (Å²) in [4.78, 5) is 16.6. The van der Waals surface area contributed by atoms with Crippen LogP contribution >= 0.6 is 0 Å². The molecule has 0 bridgehead atoms. The first-order chi connectivity index (χ1) is 15.0. The molecule has 8 nitrogen and oxygen atoms in total. The Bertz CT molecular complexity index is 1310. The van der Waals surface area contributed by atoms with Crippen molar-refractivity contribution < 1.29 is 9.13 Å². The van der Waals surface area contributed by atoms with E-state index in [2.05, 4.69) is 20.3 Å². The van der Waals surface area contributed by atoms with Crippen molar-refractivity contribution in [1.82, 2.24) is 19.9 Å². The van der Waals surface area contributed by atoms with Gasteiger partial charge in [-0.1, -0.05) is 0 Å². The second-order valence-corrected chi connectivity index (χ2v) is 8.43. The van der Waals surface area contributed by atoms with Crippen LogP contribution in [0.2, 0.25) is 0 Å². The molecule has 158 valence electrons. The quantitative estimate of drug-likeness (QED) is 0.398. The number of ether oxygens (including phenoxy) is 1. The highest BCUT2D eigenvalue weighted by molar-refractivity contribution is 6.11. The summed E-state index contributed by atoms with van der Waals surface area (Å²) in [5.41, 5.74) is 14.6. The first-order valence-electron chi connectivity index (χ1n) is 10.4. The van der Waals surface area contributed by atoms with Crippen LogP contribution in [-0.4, -0.2) is 33.0 Å². The fourth-order valence-electron chi connectivity index (χ4n) is 5.09. The topological polar surface area (TPSA) is 128 Å². The summed E-state index contributed by atoms with van der Waals surface area (Å²) < 4.78 is 20.9. The molecular formula is C22H22FN7O. The molecule has 2 aliphatic carbocycles. The number of aromatic nitrogens is 4. The van der Waals surface area contributed by atoms with Crippen molar-refractivity contribution in [2.75, 3.05) is 18.1 Å². The van der Waals surface area contributed by atoms with E-state index >= 15 is 0 Å². The Labute approximate surface area is 177 Å². The van der Waals surface area contributed by atoms with Crippen LogP contribution in [-0.2, 0) is 0 Å². The SMILES string of the molecule is CNc1ccc(F)c2c1[nH]c1nc(Oc3ccc(N)nc3)nc(C3CC4C(N)C4C3)c12. The van der Waals surface area contributed by atoms with Crippen LogP contribution in [0.4, 0.5) is 15.9 Å². The van der Waals surface area contributed by atoms with Crippen molar-refractivity contribution in [1.29, 1.82) is 0 Å². The summed E-state index contributed by atoms with van der Waals surface area (Å²) in [5.74, 6) is 1.79. The van der Waals surface area contributed by atoms with Crippen LogP contribution in [0.15, 0.2) is 30.5 Å². The van der Waals surface area contributed by atoms with Gasteiger partial charge in [-0.3, -0.25) is 0 Å². The van der Waals surface area contributed by atoms with E-state index in [-0.39, 0.29) is 23.8 Å². The number of nitrogens with zero attached hydrogens (tertiary/aromatic N) is 3. The predicted octanol–water partition coefficient (Wildman–Crippen LogP) is 3.51. The van der Waals surface area contributed by atoms with Gasteiger partial charge in [-0.25, -0.2) is 9.37 Å². The molecule has 0 amide bonds. The zero-order chi connectivity index (χ0) is 21.3. The summed E-state index contributed by atoms with van der Waals surface area (Å²) in [6, 6.07) is 7.01. The number of rotatable bonds is 4. The number of anilines is 2. The van der Waals surface area contributed by atoms with Gasteiger partial charge in [0.15, 0.2) is 0 Å². The van der Waals surface area contributed by atoms with Crippen molar-refractivity contribution >= 4 is 33.4 Å². The molecule has 0 aliphatic heterocycles. The second kappa shape index (κ2) is 6.52. The fourth-order valence-corrected chi connectivity index (χ4v) is 5.09. The third kappa shape index (κ3) is 2.80. The minimum absolute atomic E-state index is 0.184. The molecule has 2 aliphatic rings. The van der Waals surface area contributed by atoms with Gasteiger partial charge in [-0.2, -0.15) is 9.97 Å². The van der Waals surface area contributed by atoms with Crippen LogP contribution < -0.4 is 21.5 Å². The minimum Gasteiger partial charge on any atom is -0.423 e. The van der Waals surface area contributed by atoms with Crippen LogP contribution in [0.25, 0.3) is 21.9 Å². The molecule has 6 rings (SSSR count). The largest absolute Gasteiger partial charge is 0.423 e. The number of nitrogens with two attached hydrogens (primary N) is 2. The molecule has 3 aromatic heterocycles. The molecule has 0 radical (unpaired) electrons. The van der Waals surface area contributed by atoms with Gasteiger partial charge in [0.25, 0.3) is 0 Å². The number of hydrogen-bond acceptors (Lipinski definition) is 7. The van der Waals surface area contributed by atoms with E-state index in [1.165, 1.54) is 12.3 Å². The molecule has 9 heteroatoms. The first-order valence-corrected chi connectivity index (χ1v) is 10.4. The van der Waals surface area contributed by atoms with Gasteiger partial charge in [0.2, 0.25) is 0 Å². The van der Waals surface area contributed by atoms with Crippen molar-refractivity contribution in [3.63, 3.8) is 0 Å². The van der Waals surface area contributed by atoms with Crippen LogP contribution in [0.1, 0.15) is 24.5 Å². The normalized spacial score (nSPS) is 24.5. The average Bonchev–Trinajstić information content (AvgIpc) is 3.14. The van der Waals surface area contributed by atoms with Gasteiger partial charge in [0.05, 0.1) is 28.5 Å². The Morgan fingerprint density at radius 3 is 2.65 bits per heavy atom. The highest BCUT2D eigenvalue weighted by atomic mass is 19.1. The Morgan fingerprint density at radius 2 is 1.94 bits per heavy atom. The van der Waals surface area contributed by atoms with Crippen molar-refractivity contribution in [2.45, 2.75) is 24.8 Å². The van der Waals surface area contributed by atoms with Gasteiger partial charge < -0.3 is 26.5 Å². The van der Waals surface area contributed by atoms with E-state index in [1.54, 1.807) is 25.2 Å². The predicted molar refractivity (Wildman–Crippen MR) is 117 cm³/mol. The van der Waals surface area contributed by atoms with Gasteiger partial charge in [-0.15, -0.1) is 0 Å². The number of hydrogen-bond donors (Lipinski definition) is 4. The summed E-state index contributed by atoms with van der Waals surface area (Å²) >= 11 is 0. The Hall–Kier alpha value is -3.46. The first kappa shape index (κ1) is 18.3. The van der Waals surface area contributed by atoms with Crippen LogP contribution in [0.5, 0.6) is 11.8 Å². The highest BCUT2D eigenvalue weighted by Gasteiger charge is 2.54. The number of H-pyrrole nitrogens is 1. The molecular weight excluding hydrogens is 397 g/mol. The number of benzene rings is 1. The molecule has 2 atom stereocenters. The molecule has 6 N–H and O–H groups in total. The molecule has 4 aromatic rings. The minimum atomic E-state index is -0.304. The van der Waals surface area contributed by atoms with Crippen LogP contribution in [0, 0.1) is 17.7 Å². The number of pyridine rings is 1. The van der Waals surface area contributed by atoms with E-state index in [0.29, 0.717) is 45.3 Å². The van der Waals surface area contributed by atoms with Crippen molar-refractivity contribution in [2.24, 2.45) is 17.6 Å². The lowest BCUT2D eigenvalue weighted by Gasteiger charge is -2.15. The van der Waals surface area contributed by atoms with Crippen molar-refractivity contribution in [3.8, 4) is 11.8 Å². The Morgan fingerprint density at radius 1 is 1.13 bits per heavy atom. The zero-order valence-corrected chi connectivity index (χ0v) is 16.9. The van der Waals surface area contributed by atoms with E-state index in [0.717, 1.165) is 24.2 Å². The Balaban J connectivity index is 1.54. The molecule has 3 heterocycles. The third-order valence-electron chi connectivity index (χ3n) is 6.70. The number of nitrogens with one attached hydrogen (secondary N) is 2. The fraction of sp³-hybridized carbons (Fsp3) is 0.318. The number of nitrogen functional groups attached to an aromatic ring is 1. The zero-order valence-electron chi connectivity index (χ0n) is 16.9. The Kier molecular flexibility index (Phi) is 3.85. The molecule has 0 spiro atoms. The smallest absolute Gasteiger partial charge is 0.324 e. The molecule has 0 saturated heterocycles.